The molecule has 0 radical (unpaired) electrons. The first kappa shape index (κ1) is 20.7. The van der Waals surface area contributed by atoms with Gasteiger partial charge in [0.15, 0.2) is 5.65 Å². The Morgan fingerprint density at radius 1 is 1.09 bits per heavy atom. The molecule has 32 heavy (non-hydrogen) atoms. The number of nitrogens with zero attached hydrogens (tertiary/aromatic N) is 6. The van der Waals surface area contributed by atoms with Gasteiger partial charge in [0.2, 0.25) is 0 Å². The number of anilines is 1. The molecule has 0 amide bonds. The van der Waals surface area contributed by atoms with Crippen molar-refractivity contribution in [3.8, 4) is 28.5 Å². The zero-order valence-corrected chi connectivity index (χ0v) is 18.9. The van der Waals surface area contributed by atoms with Crippen LogP contribution in [0.4, 0.5) is 5.82 Å². The fourth-order valence-electron chi connectivity index (χ4n) is 3.94. The Morgan fingerprint density at radius 3 is 2.44 bits per heavy atom. The molecular weight excluding hydrogens is 447 g/mol. The van der Waals surface area contributed by atoms with Crippen LogP contribution in [0.3, 0.4) is 0 Å². The molecule has 1 aromatic carbocycles. The summed E-state index contributed by atoms with van der Waals surface area (Å²) >= 11 is 12.6. The van der Waals surface area contributed by atoms with Crippen molar-refractivity contribution in [2.75, 3.05) is 25.1 Å². The van der Waals surface area contributed by atoms with Gasteiger partial charge in [-0.15, -0.1) is 0 Å². The zero-order valence-electron chi connectivity index (χ0n) is 17.4. The van der Waals surface area contributed by atoms with Gasteiger partial charge in [-0.2, -0.15) is 14.9 Å². The average molecular weight is 465 g/mol. The predicted octanol–water partition coefficient (Wildman–Crippen LogP) is 4.86. The van der Waals surface area contributed by atoms with Crippen molar-refractivity contribution in [2.45, 2.75) is 12.5 Å². The molecule has 4 aromatic rings. The molecule has 4 heterocycles. The Labute approximate surface area is 194 Å². The Bertz CT molecular complexity index is 1350. The highest BCUT2D eigenvalue weighted by atomic mass is 35.5. The summed E-state index contributed by atoms with van der Waals surface area (Å²) in [4.78, 5) is 11.0. The number of pyridine rings is 1. The van der Waals surface area contributed by atoms with E-state index in [-0.39, 0.29) is 5.60 Å². The van der Waals surface area contributed by atoms with Crippen LogP contribution in [0.1, 0.15) is 12.6 Å². The minimum absolute atomic E-state index is 0.214. The second kappa shape index (κ2) is 7.75. The van der Waals surface area contributed by atoms with Gasteiger partial charge in [-0.1, -0.05) is 35.3 Å². The molecule has 0 aliphatic carbocycles. The molecule has 0 spiro atoms. The van der Waals surface area contributed by atoms with Crippen molar-refractivity contribution >= 4 is 34.7 Å². The Morgan fingerprint density at radius 2 is 1.81 bits per heavy atom. The zero-order chi connectivity index (χ0) is 22.5. The lowest BCUT2D eigenvalue weighted by Gasteiger charge is -2.47. The number of rotatable bonds is 4. The average Bonchev–Trinajstić information content (AvgIpc) is 3.16. The van der Waals surface area contributed by atoms with Crippen LogP contribution < -0.4 is 4.90 Å². The molecule has 0 N–H and O–H groups in total. The maximum absolute atomic E-state index is 9.11. The third-order valence-electron chi connectivity index (χ3n) is 5.69. The first-order chi connectivity index (χ1) is 15.4. The SMILES string of the molecule is COC1(C)CN(c2cc(Cl)nc3c(-c4ccc(Cl)cc4)c(-c4ccc(C#N)nc4)nn23)C1. The molecule has 1 fully saturated rings. The highest BCUT2D eigenvalue weighted by molar-refractivity contribution is 6.30. The third kappa shape index (κ3) is 3.47. The van der Waals surface area contributed by atoms with Gasteiger partial charge in [-0.05, 0) is 36.8 Å². The topological polar surface area (TPSA) is 79.3 Å². The Kier molecular flexibility index (Phi) is 5.01. The van der Waals surface area contributed by atoms with Crippen LogP contribution >= 0.6 is 23.2 Å². The molecule has 1 saturated heterocycles. The molecule has 0 unspecified atom stereocenters. The van der Waals surface area contributed by atoms with Crippen molar-refractivity contribution < 1.29 is 4.74 Å². The number of fused-ring (bicyclic) bond motifs is 1. The molecule has 1 aliphatic heterocycles. The fraction of sp³-hybridized carbons (Fsp3) is 0.217. The lowest BCUT2D eigenvalue weighted by atomic mass is 9.96. The molecule has 1 aliphatic rings. The van der Waals surface area contributed by atoms with Crippen molar-refractivity contribution in [3.63, 3.8) is 0 Å². The smallest absolute Gasteiger partial charge is 0.167 e. The molecule has 0 bridgehead atoms. The van der Waals surface area contributed by atoms with E-state index < -0.39 is 0 Å². The van der Waals surface area contributed by atoms with Gasteiger partial charge in [0, 0.05) is 43.0 Å². The normalized spacial score (nSPS) is 14.9. The van der Waals surface area contributed by atoms with E-state index in [0.717, 1.165) is 22.5 Å². The quantitative estimate of drug-likeness (QED) is 0.401. The number of hydrogen-bond donors (Lipinski definition) is 0. The van der Waals surface area contributed by atoms with Gasteiger partial charge in [-0.3, -0.25) is 0 Å². The number of methoxy groups -OCH3 is 1. The van der Waals surface area contributed by atoms with Crippen LogP contribution in [-0.4, -0.2) is 45.4 Å². The second-order valence-electron chi connectivity index (χ2n) is 7.96. The van der Waals surface area contributed by atoms with Gasteiger partial charge in [0.25, 0.3) is 0 Å². The van der Waals surface area contributed by atoms with E-state index in [4.69, 9.17) is 38.3 Å². The maximum atomic E-state index is 9.11. The van der Waals surface area contributed by atoms with Crippen molar-refractivity contribution in [1.29, 1.82) is 5.26 Å². The van der Waals surface area contributed by atoms with Crippen LogP contribution in [-0.2, 0) is 4.74 Å². The minimum atomic E-state index is -0.214. The second-order valence-corrected chi connectivity index (χ2v) is 8.78. The molecule has 5 rings (SSSR count). The van der Waals surface area contributed by atoms with E-state index in [9.17, 15) is 0 Å². The lowest BCUT2D eigenvalue weighted by molar-refractivity contribution is -0.0173. The van der Waals surface area contributed by atoms with Crippen LogP contribution in [0.2, 0.25) is 10.2 Å². The number of nitriles is 1. The summed E-state index contributed by atoms with van der Waals surface area (Å²) in [5.74, 6) is 0.831. The summed E-state index contributed by atoms with van der Waals surface area (Å²) < 4.78 is 7.41. The highest BCUT2D eigenvalue weighted by Crippen LogP contribution is 2.38. The maximum Gasteiger partial charge on any atom is 0.167 e. The first-order valence-electron chi connectivity index (χ1n) is 9.93. The van der Waals surface area contributed by atoms with E-state index in [1.807, 2.05) is 42.5 Å². The molecule has 7 nitrogen and oxygen atoms in total. The van der Waals surface area contributed by atoms with E-state index in [1.165, 1.54) is 0 Å². The predicted molar refractivity (Wildman–Crippen MR) is 124 cm³/mol. The molecule has 160 valence electrons. The van der Waals surface area contributed by atoms with Crippen LogP contribution in [0.25, 0.3) is 28.0 Å². The third-order valence-corrected chi connectivity index (χ3v) is 6.14. The number of ether oxygens (including phenoxy) is 1. The Balaban J connectivity index is 1.74. The van der Waals surface area contributed by atoms with Gasteiger partial charge < -0.3 is 9.64 Å². The van der Waals surface area contributed by atoms with E-state index in [1.54, 1.807) is 23.9 Å². The summed E-state index contributed by atoms with van der Waals surface area (Å²) in [5, 5.41) is 15.0. The molecular formula is C23H18Cl2N6O. The summed E-state index contributed by atoms with van der Waals surface area (Å²) in [7, 11) is 1.72. The number of benzene rings is 1. The van der Waals surface area contributed by atoms with Crippen molar-refractivity contribution in [3.05, 3.63) is 64.5 Å². The Hall–Kier alpha value is -3.18. The van der Waals surface area contributed by atoms with Gasteiger partial charge in [0.1, 0.15) is 28.4 Å². The highest BCUT2D eigenvalue weighted by Gasteiger charge is 2.40. The monoisotopic (exact) mass is 464 g/mol. The molecule has 3 aromatic heterocycles. The summed E-state index contributed by atoms with van der Waals surface area (Å²) in [6.07, 6.45) is 1.65. The largest absolute Gasteiger partial charge is 0.375 e. The van der Waals surface area contributed by atoms with Crippen molar-refractivity contribution in [1.82, 2.24) is 19.6 Å². The van der Waals surface area contributed by atoms with Crippen molar-refractivity contribution in [2.24, 2.45) is 0 Å². The van der Waals surface area contributed by atoms with E-state index in [2.05, 4.69) is 21.8 Å². The van der Waals surface area contributed by atoms with Crippen LogP contribution in [0, 0.1) is 11.3 Å². The number of hydrogen-bond acceptors (Lipinski definition) is 6. The fourth-order valence-corrected chi connectivity index (χ4v) is 4.24. The number of halogens is 2. The summed E-state index contributed by atoms with van der Waals surface area (Å²) in [6, 6.07) is 14.9. The summed E-state index contributed by atoms with van der Waals surface area (Å²) in [6.45, 7) is 3.49. The standard InChI is InChI=1S/C23H18Cl2N6O/c1-23(32-2)12-30(13-23)19-9-18(25)28-22-20(14-3-6-16(24)7-4-14)21(29-31(19)22)15-5-8-17(10-26)27-11-15/h3-9,11H,12-13H2,1-2H3. The molecule has 0 atom stereocenters. The van der Waals surface area contributed by atoms with E-state index >= 15 is 0 Å². The van der Waals surface area contributed by atoms with Gasteiger partial charge in [0.05, 0.1) is 11.2 Å². The molecule has 0 saturated carbocycles. The minimum Gasteiger partial charge on any atom is -0.375 e. The van der Waals surface area contributed by atoms with Gasteiger partial charge in [-0.25, -0.2) is 9.97 Å². The van der Waals surface area contributed by atoms with E-state index in [0.29, 0.717) is 40.3 Å². The first-order valence-corrected chi connectivity index (χ1v) is 10.7. The van der Waals surface area contributed by atoms with Gasteiger partial charge >= 0.3 is 0 Å². The summed E-state index contributed by atoms with van der Waals surface area (Å²) in [5.41, 5.74) is 3.92. The van der Waals surface area contributed by atoms with Crippen LogP contribution in [0.5, 0.6) is 0 Å². The number of aromatic nitrogens is 4. The van der Waals surface area contributed by atoms with Crippen LogP contribution in [0.15, 0.2) is 48.7 Å². The lowest BCUT2D eigenvalue weighted by Crippen LogP contribution is -2.61. The molecule has 9 heteroatoms.